The molecule has 2 N–H and O–H groups in total. The first-order chi connectivity index (χ1) is 2.27. The van der Waals surface area contributed by atoms with Crippen LogP contribution in [0.5, 0.6) is 0 Å². The Labute approximate surface area is 46.3 Å². The average Bonchev–Trinajstić information content (AvgIpc) is 1.38. The normalized spacial score (nSPS) is 7.80. The maximum absolute atomic E-state index is 5.28. The average molecular weight is 183 g/mol. The third kappa shape index (κ3) is 4.75. The van der Waals surface area contributed by atoms with Crippen LogP contribution in [0.15, 0.2) is 0 Å². The van der Waals surface area contributed by atoms with Gasteiger partial charge in [-0.15, -0.1) is 22.4 Å². The minimum Gasteiger partial charge on any atom is -0.361 e. The van der Waals surface area contributed by atoms with Crippen LogP contribution < -0.4 is 5.64 Å². The highest BCUT2D eigenvalue weighted by molar-refractivity contribution is 14.1. The van der Waals surface area contributed by atoms with E-state index in [2.05, 4.69) is 29.3 Å². The summed E-state index contributed by atoms with van der Waals surface area (Å²) in [5.74, 6) is 0. The molecule has 0 saturated heterocycles. The lowest BCUT2D eigenvalue weighted by molar-refractivity contribution is 1.43. The Bertz CT molecular complexity index is 23.6. The van der Waals surface area contributed by atoms with E-state index in [0.717, 1.165) is 6.32 Å². The molecule has 0 radical (unpaired) electrons. The predicted molar refractivity (Wildman–Crippen MR) is 34.4 cm³/mol. The van der Waals surface area contributed by atoms with Gasteiger partial charge in [0.15, 0.2) is 0 Å². The number of hydrogen-bond donors (Lipinski definition) is 1. The number of rotatable bonds is 1. The summed E-state index contributed by atoms with van der Waals surface area (Å²) in [6.45, 7) is 2.07. The fourth-order valence-corrected chi connectivity index (χ4v) is 0. The first-order valence-corrected chi connectivity index (χ1v) is 2.91. The third-order valence-corrected chi connectivity index (χ3v) is 1.27. The minimum atomic E-state index is 0.354. The van der Waals surface area contributed by atoms with Gasteiger partial charge in [0, 0.05) is 0 Å². The van der Waals surface area contributed by atoms with Gasteiger partial charge in [0.05, 0.1) is 0 Å². The molecule has 0 bridgehead atoms. The van der Waals surface area contributed by atoms with Crippen molar-refractivity contribution in [3.8, 4) is 0 Å². The van der Waals surface area contributed by atoms with Crippen LogP contribution in [0.3, 0.4) is 0 Å². The van der Waals surface area contributed by atoms with Crippen molar-refractivity contribution in [3.05, 3.63) is 0 Å². The van der Waals surface area contributed by atoms with Crippen LogP contribution in [-0.2, 0) is 0 Å². The molecule has 0 aliphatic rings. The molecule has 0 spiro atoms. The summed E-state index contributed by atoms with van der Waals surface area (Å²) >= 11 is 2.18. The molecule has 0 aromatic rings. The van der Waals surface area contributed by atoms with Crippen molar-refractivity contribution in [2.24, 2.45) is 5.64 Å². The predicted octanol–water partition coefficient (Wildman–Crippen LogP) is 0.888. The topological polar surface area (TPSA) is 26.0 Å². The molecule has 0 aromatic carbocycles. The van der Waals surface area contributed by atoms with Gasteiger partial charge in [-0.25, -0.2) is 0 Å². The van der Waals surface area contributed by atoms with Crippen LogP contribution in [-0.4, -0.2) is 4.70 Å². The SMILES string of the molecule is CCB(N)I. The summed E-state index contributed by atoms with van der Waals surface area (Å²) in [6, 6.07) is 0. The Morgan fingerprint density at radius 3 is 2.20 bits per heavy atom. The van der Waals surface area contributed by atoms with E-state index in [1.54, 1.807) is 0 Å². The Morgan fingerprint density at radius 1 is 2.00 bits per heavy atom. The van der Waals surface area contributed by atoms with E-state index in [9.17, 15) is 0 Å². The standard InChI is InChI=1S/C2H7BIN/c1-2-3(4)5/h2,5H2,1H3. The third-order valence-electron chi connectivity index (χ3n) is 0.390. The van der Waals surface area contributed by atoms with E-state index in [4.69, 9.17) is 5.64 Å². The van der Waals surface area contributed by atoms with Gasteiger partial charge < -0.3 is 5.64 Å². The molecule has 0 rings (SSSR count). The summed E-state index contributed by atoms with van der Waals surface area (Å²) in [4.78, 5) is 0. The van der Waals surface area contributed by atoms with Crippen LogP contribution in [0.2, 0.25) is 6.32 Å². The zero-order valence-corrected chi connectivity index (χ0v) is 5.40. The molecule has 0 aliphatic carbocycles. The van der Waals surface area contributed by atoms with Gasteiger partial charge >= 0.3 is 0 Å². The first kappa shape index (κ1) is 5.75. The fraction of sp³-hybridized carbons (Fsp3) is 1.00. The van der Waals surface area contributed by atoms with Crippen LogP contribution >= 0.6 is 22.4 Å². The first-order valence-electron chi connectivity index (χ1n) is 1.67. The van der Waals surface area contributed by atoms with Crippen molar-refractivity contribution in [3.63, 3.8) is 0 Å². The summed E-state index contributed by atoms with van der Waals surface area (Å²) < 4.78 is 0.354. The van der Waals surface area contributed by atoms with E-state index in [-0.39, 0.29) is 0 Å². The Balaban J connectivity index is 2.54. The maximum atomic E-state index is 5.28. The van der Waals surface area contributed by atoms with Crippen molar-refractivity contribution in [2.75, 3.05) is 0 Å². The highest BCUT2D eigenvalue weighted by Crippen LogP contribution is 1.88. The second-order valence-electron chi connectivity index (χ2n) is 0.924. The largest absolute Gasteiger partial charge is 0.361 e. The lowest BCUT2D eigenvalue weighted by Crippen LogP contribution is -2.13. The number of hydrogen-bond acceptors (Lipinski definition) is 1. The zero-order chi connectivity index (χ0) is 4.28. The lowest BCUT2D eigenvalue weighted by atomic mass is 9.93. The van der Waals surface area contributed by atoms with Crippen LogP contribution in [0.4, 0.5) is 0 Å². The van der Waals surface area contributed by atoms with Gasteiger partial charge in [0.2, 0.25) is 0 Å². The van der Waals surface area contributed by atoms with E-state index >= 15 is 0 Å². The van der Waals surface area contributed by atoms with Crippen LogP contribution in [0, 0.1) is 0 Å². The van der Waals surface area contributed by atoms with Gasteiger partial charge in [-0.05, 0) is 0 Å². The van der Waals surface area contributed by atoms with Crippen molar-refractivity contribution >= 4 is 27.1 Å². The molecule has 0 unspecified atom stereocenters. The Morgan fingerprint density at radius 2 is 2.20 bits per heavy atom. The molecule has 1 nitrogen and oxygen atoms in total. The van der Waals surface area contributed by atoms with Crippen molar-refractivity contribution in [2.45, 2.75) is 13.2 Å². The number of halogens is 1. The highest BCUT2D eigenvalue weighted by atomic mass is 127. The van der Waals surface area contributed by atoms with Crippen LogP contribution in [0.1, 0.15) is 6.92 Å². The summed E-state index contributed by atoms with van der Waals surface area (Å²) in [6.07, 6.45) is 1.07. The molecule has 0 aliphatic heterocycles. The zero-order valence-electron chi connectivity index (χ0n) is 3.24. The molecular formula is C2H7BIN. The van der Waals surface area contributed by atoms with E-state index in [1.807, 2.05) is 0 Å². The summed E-state index contributed by atoms with van der Waals surface area (Å²) in [5, 5.41) is 0. The van der Waals surface area contributed by atoms with Gasteiger partial charge in [0.25, 0.3) is 4.70 Å². The lowest BCUT2D eigenvalue weighted by Gasteiger charge is -1.82. The van der Waals surface area contributed by atoms with Crippen molar-refractivity contribution in [1.82, 2.24) is 0 Å². The molecule has 0 saturated carbocycles. The molecule has 0 amide bonds. The van der Waals surface area contributed by atoms with E-state index in [0.29, 0.717) is 4.70 Å². The van der Waals surface area contributed by atoms with Crippen LogP contribution in [0.25, 0.3) is 0 Å². The van der Waals surface area contributed by atoms with Crippen molar-refractivity contribution in [1.29, 1.82) is 0 Å². The summed E-state index contributed by atoms with van der Waals surface area (Å²) in [7, 11) is 0. The second-order valence-corrected chi connectivity index (χ2v) is 2.52. The minimum absolute atomic E-state index is 0.354. The highest BCUT2D eigenvalue weighted by Gasteiger charge is 1.91. The smallest absolute Gasteiger partial charge is 0.291 e. The molecule has 0 fully saturated rings. The molecule has 0 heterocycles. The molecule has 30 valence electrons. The van der Waals surface area contributed by atoms with E-state index in [1.165, 1.54) is 0 Å². The van der Waals surface area contributed by atoms with Gasteiger partial charge in [0.1, 0.15) is 0 Å². The Kier molecular flexibility index (Phi) is 3.41. The molecule has 5 heavy (non-hydrogen) atoms. The molecular weight excluding hydrogens is 176 g/mol. The monoisotopic (exact) mass is 183 g/mol. The summed E-state index contributed by atoms with van der Waals surface area (Å²) in [5.41, 5.74) is 5.28. The van der Waals surface area contributed by atoms with Gasteiger partial charge in [-0.1, -0.05) is 13.2 Å². The Hall–Kier alpha value is 0.755. The molecule has 0 aromatic heterocycles. The molecule has 3 heteroatoms. The van der Waals surface area contributed by atoms with Crippen molar-refractivity contribution < 1.29 is 0 Å². The van der Waals surface area contributed by atoms with Gasteiger partial charge in [-0.2, -0.15) is 0 Å². The second kappa shape index (κ2) is 2.97. The molecule has 0 atom stereocenters. The van der Waals surface area contributed by atoms with E-state index < -0.39 is 0 Å². The number of nitrogens with two attached hydrogens (primary N) is 1. The van der Waals surface area contributed by atoms with Gasteiger partial charge in [-0.3, -0.25) is 0 Å². The fourth-order valence-electron chi connectivity index (χ4n) is 0. The quantitative estimate of drug-likeness (QED) is 0.473. The maximum Gasteiger partial charge on any atom is 0.291 e.